The van der Waals surface area contributed by atoms with Gasteiger partial charge in [-0.25, -0.2) is 4.39 Å². The zero-order valence-electron chi connectivity index (χ0n) is 11.2. The Kier molecular flexibility index (Phi) is 5.15. The molecule has 2 unspecified atom stereocenters. The van der Waals surface area contributed by atoms with Crippen molar-refractivity contribution in [1.29, 1.82) is 0 Å². The maximum Gasteiger partial charge on any atom is 0.139 e. The van der Waals surface area contributed by atoms with Gasteiger partial charge < -0.3 is 10.5 Å². The quantitative estimate of drug-likeness (QED) is 0.874. The summed E-state index contributed by atoms with van der Waals surface area (Å²) in [5.41, 5.74) is 7.16. The van der Waals surface area contributed by atoms with Gasteiger partial charge in [0.15, 0.2) is 0 Å². The molecule has 2 nitrogen and oxygen atoms in total. The Labute approximate surface area is 126 Å². The lowest BCUT2D eigenvalue weighted by Crippen LogP contribution is -2.31. The topological polar surface area (TPSA) is 35.2 Å². The molecule has 106 valence electrons. The summed E-state index contributed by atoms with van der Waals surface area (Å²) < 4.78 is 19.9. The number of hydrogen-bond acceptors (Lipinski definition) is 2. The number of hydrogen-bond donors (Lipinski definition) is 1. The third kappa shape index (κ3) is 3.81. The van der Waals surface area contributed by atoms with Crippen molar-refractivity contribution in [2.24, 2.45) is 5.73 Å². The van der Waals surface area contributed by atoms with Crippen LogP contribution >= 0.6 is 15.9 Å². The highest BCUT2D eigenvalue weighted by atomic mass is 79.9. The Hall–Kier alpha value is -1.39. The molecule has 4 heteroatoms. The lowest BCUT2D eigenvalue weighted by atomic mass is 10.0. The molecule has 0 spiro atoms. The first-order valence-corrected chi connectivity index (χ1v) is 7.32. The van der Waals surface area contributed by atoms with Gasteiger partial charge in [-0.3, -0.25) is 0 Å². The largest absolute Gasteiger partial charge is 0.484 e. The maximum atomic E-state index is 12.9. The highest BCUT2D eigenvalue weighted by molar-refractivity contribution is 9.10. The van der Waals surface area contributed by atoms with E-state index < -0.39 is 0 Å². The highest BCUT2D eigenvalue weighted by Crippen LogP contribution is 2.26. The van der Waals surface area contributed by atoms with Crippen LogP contribution in [0.3, 0.4) is 0 Å². The van der Waals surface area contributed by atoms with Gasteiger partial charge in [-0.15, -0.1) is 0 Å². The molecule has 20 heavy (non-hydrogen) atoms. The average molecular weight is 338 g/mol. The molecular formula is C16H17BrFNO. The Morgan fingerprint density at radius 1 is 1.10 bits per heavy atom. The molecule has 0 aliphatic heterocycles. The first-order valence-electron chi connectivity index (χ1n) is 6.53. The van der Waals surface area contributed by atoms with Crippen LogP contribution in [0.1, 0.15) is 25.0 Å². The van der Waals surface area contributed by atoms with Gasteiger partial charge >= 0.3 is 0 Å². The smallest absolute Gasteiger partial charge is 0.139 e. The van der Waals surface area contributed by atoms with Crippen LogP contribution in [0.5, 0.6) is 5.75 Å². The van der Waals surface area contributed by atoms with E-state index in [-0.39, 0.29) is 18.0 Å². The van der Waals surface area contributed by atoms with E-state index in [1.807, 2.05) is 31.2 Å². The van der Waals surface area contributed by atoms with E-state index in [9.17, 15) is 4.39 Å². The fourth-order valence-corrected chi connectivity index (χ4v) is 2.19. The summed E-state index contributed by atoms with van der Waals surface area (Å²) in [6.45, 7) is 2.02. The second-order valence-corrected chi connectivity index (χ2v) is 5.53. The first kappa shape index (κ1) is 15.0. The summed E-state index contributed by atoms with van der Waals surface area (Å²) in [5.74, 6) is 0.334. The van der Waals surface area contributed by atoms with Crippen molar-refractivity contribution >= 4 is 15.9 Å². The fraction of sp³-hybridized carbons (Fsp3) is 0.250. The van der Waals surface area contributed by atoms with E-state index >= 15 is 0 Å². The molecule has 0 fully saturated rings. The Balaban J connectivity index is 2.23. The number of rotatable bonds is 5. The van der Waals surface area contributed by atoms with E-state index in [0.29, 0.717) is 5.75 Å². The standard InChI is InChI=1S/C16H17BrFNO/c1-2-15(19)16(11-3-5-12(17)6-4-11)20-14-9-7-13(18)8-10-14/h3-10,15-16H,2,19H2,1H3. The third-order valence-corrected chi connectivity index (χ3v) is 3.66. The van der Waals surface area contributed by atoms with Crippen molar-refractivity contribution in [1.82, 2.24) is 0 Å². The second-order valence-electron chi connectivity index (χ2n) is 4.62. The van der Waals surface area contributed by atoms with Gasteiger partial charge in [0.2, 0.25) is 0 Å². The average Bonchev–Trinajstić information content (AvgIpc) is 2.47. The van der Waals surface area contributed by atoms with Crippen molar-refractivity contribution in [3.8, 4) is 5.75 Å². The Morgan fingerprint density at radius 3 is 2.25 bits per heavy atom. The minimum absolute atomic E-state index is 0.124. The minimum atomic E-state index is -0.280. The van der Waals surface area contributed by atoms with Crippen molar-refractivity contribution in [2.45, 2.75) is 25.5 Å². The second kappa shape index (κ2) is 6.86. The normalized spacial score (nSPS) is 13.8. The Bertz CT molecular complexity index is 541. The maximum absolute atomic E-state index is 12.9. The molecule has 0 heterocycles. The summed E-state index contributed by atoms with van der Waals surface area (Å²) in [6.07, 6.45) is 0.542. The van der Waals surface area contributed by atoms with Gasteiger partial charge in [0.1, 0.15) is 17.7 Å². The third-order valence-electron chi connectivity index (χ3n) is 3.14. The number of ether oxygens (including phenoxy) is 1. The van der Waals surface area contributed by atoms with E-state index in [2.05, 4.69) is 15.9 Å². The number of nitrogens with two attached hydrogens (primary N) is 1. The predicted octanol–water partition coefficient (Wildman–Crippen LogP) is 4.45. The monoisotopic (exact) mass is 337 g/mol. The minimum Gasteiger partial charge on any atom is -0.484 e. The molecule has 2 rings (SSSR count). The Morgan fingerprint density at radius 2 is 1.70 bits per heavy atom. The molecule has 0 bridgehead atoms. The summed E-state index contributed by atoms with van der Waals surface area (Å²) in [4.78, 5) is 0. The van der Waals surface area contributed by atoms with Gasteiger partial charge in [0.05, 0.1) is 0 Å². The van der Waals surface area contributed by atoms with Gasteiger partial charge in [-0.05, 0) is 48.4 Å². The zero-order valence-corrected chi connectivity index (χ0v) is 12.8. The van der Waals surface area contributed by atoms with Gasteiger partial charge in [-0.2, -0.15) is 0 Å². The van der Waals surface area contributed by atoms with Gasteiger partial charge in [0.25, 0.3) is 0 Å². The molecule has 2 N–H and O–H groups in total. The van der Waals surface area contributed by atoms with E-state index in [4.69, 9.17) is 10.5 Å². The van der Waals surface area contributed by atoms with Crippen LogP contribution in [0.4, 0.5) is 4.39 Å². The molecular weight excluding hydrogens is 321 g/mol. The molecule has 0 amide bonds. The SMILES string of the molecule is CCC(N)C(Oc1ccc(F)cc1)c1ccc(Br)cc1. The van der Waals surface area contributed by atoms with E-state index in [1.54, 1.807) is 12.1 Å². The highest BCUT2D eigenvalue weighted by Gasteiger charge is 2.20. The molecule has 0 aliphatic carbocycles. The van der Waals surface area contributed by atoms with Crippen LogP contribution in [0.25, 0.3) is 0 Å². The molecule has 0 aliphatic rings. The lowest BCUT2D eigenvalue weighted by Gasteiger charge is -2.25. The van der Waals surface area contributed by atoms with Crippen LogP contribution in [0, 0.1) is 5.82 Å². The van der Waals surface area contributed by atoms with Crippen LogP contribution in [0.15, 0.2) is 53.0 Å². The van der Waals surface area contributed by atoms with Crippen LogP contribution in [-0.4, -0.2) is 6.04 Å². The summed E-state index contributed by atoms with van der Waals surface area (Å²) in [6, 6.07) is 13.7. The van der Waals surface area contributed by atoms with Crippen molar-refractivity contribution in [3.63, 3.8) is 0 Å². The molecule has 2 atom stereocenters. The van der Waals surface area contributed by atoms with Gasteiger partial charge in [-0.1, -0.05) is 35.0 Å². The number of halogens is 2. The molecule has 0 saturated heterocycles. The zero-order chi connectivity index (χ0) is 14.5. The van der Waals surface area contributed by atoms with E-state index in [1.165, 1.54) is 12.1 Å². The molecule has 2 aromatic rings. The van der Waals surface area contributed by atoms with Crippen molar-refractivity contribution in [2.75, 3.05) is 0 Å². The summed E-state index contributed by atoms with van der Waals surface area (Å²) >= 11 is 3.41. The fourth-order valence-electron chi connectivity index (χ4n) is 1.93. The molecule has 0 aromatic heterocycles. The summed E-state index contributed by atoms with van der Waals surface area (Å²) in [5, 5.41) is 0. The van der Waals surface area contributed by atoms with Crippen molar-refractivity contribution in [3.05, 3.63) is 64.4 Å². The molecule has 0 radical (unpaired) electrons. The predicted molar refractivity (Wildman–Crippen MR) is 82.2 cm³/mol. The van der Waals surface area contributed by atoms with Crippen LogP contribution in [-0.2, 0) is 0 Å². The summed E-state index contributed by atoms with van der Waals surface area (Å²) in [7, 11) is 0. The molecule has 2 aromatic carbocycles. The first-order chi connectivity index (χ1) is 9.60. The molecule has 0 saturated carbocycles. The van der Waals surface area contributed by atoms with Crippen LogP contribution < -0.4 is 10.5 Å². The lowest BCUT2D eigenvalue weighted by molar-refractivity contribution is 0.171. The number of benzene rings is 2. The van der Waals surface area contributed by atoms with Gasteiger partial charge in [0, 0.05) is 10.5 Å². The van der Waals surface area contributed by atoms with Crippen molar-refractivity contribution < 1.29 is 9.13 Å². The van der Waals surface area contributed by atoms with E-state index in [0.717, 1.165) is 16.5 Å². The van der Waals surface area contributed by atoms with Crippen LogP contribution in [0.2, 0.25) is 0 Å².